The molecule has 1 N–H and O–H groups in total. The summed E-state index contributed by atoms with van der Waals surface area (Å²) < 4.78 is 0. The largest absolute Gasteiger partial charge is 0.305 e. The zero-order chi connectivity index (χ0) is 11.5. The van der Waals surface area contributed by atoms with Crippen molar-refractivity contribution in [1.82, 2.24) is 10.2 Å². The molecule has 1 aromatic rings. The molecule has 0 spiro atoms. The van der Waals surface area contributed by atoms with E-state index in [0.29, 0.717) is 12.1 Å². The van der Waals surface area contributed by atoms with Gasteiger partial charge in [-0.2, -0.15) is 5.26 Å². The van der Waals surface area contributed by atoms with Crippen molar-refractivity contribution in [2.24, 2.45) is 0 Å². The van der Waals surface area contributed by atoms with Crippen LogP contribution in [0.15, 0.2) is 12.1 Å². The predicted molar refractivity (Wildman–Crippen MR) is 66.5 cm³/mol. The average molecular weight is 235 g/mol. The van der Waals surface area contributed by atoms with E-state index >= 15 is 0 Å². The third kappa shape index (κ3) is 2.62. The van der Waals surface area contributed by atoms with E-state index in [0.717, 1.165) is 11.4 Å². The Kier molecular flexibility index (Phi) is 3.59. The number of nitriles is 1. The van der Waals surface area contributed by atoms with Gasteiger partial charge in [0.25, 0.3) is 0 Å². The standard InChI is InChI=1S/C12H17N3S/c1-9(12-4-3-11(7-13)16-12)14-10-5-6-15(2)8-10/h3-4,9-10,14H,5-6,8H2,1-2H3. The summed E-state index contributed by atoms with van der Waals surface area (Å²) in [7, 11) is 2.16. The molecule has 1 aliphatic heterocycles. The molecule has 16 heavy (non-hydrogen) atoms. The predicted octanol–water partition coefficient (Wildman–Crippen LogP) is 1.97. The van der Waals surface area contributed by atoms with Gasteiger partial charge < -0.3 is 10.2 Å². The number of nitrogens with zero attached hydrogens (tertiary/aromatic N) is 2. The average Bonchev–Trinajstić information content (AvgIpc) is 2.87. The fourth-order valence-electron chi connectivity index (χ4n) is 2.15. The summed E-state index contributed by atoms with van der Waals surface area (Å²) in [5, 5.41) is 12.4. The van der Waals surface area contributed by atoms with Crippen LogP contribution in [0.2, 0.25) is 0 Å². The number of rotatable bonds is 3. The Morgan fingerprint density at radius 1 is 1.62 bits per heavy atom. The molecule has 1 aliphatic rings. The summed E-state index contributed by atoms with van der Waals surface area (Å²) in [6, 6.07) is 7.08. The Balaban J connectivity index is 1.93. The molecule has 0 bridgehead atoms. The van der Waals surface area contributed by atoms with Crippen molar-refractivity contribution in [3.63, 3.8) is 0 Å². The Morgan fingerprint density at radius 2 is 2.44 bits per heavy atom. The van der Waals surface area contributed by atoms with Crippen LogP contribution in [0.1, 0.15) is 29.1 Å². The summed E-state index contributed by atoms with van der Waals surface area (Å²) in [5.41, 5.74) is 0. The van der Waals surface area contributed by atoms with Crippen LogP contribution >= 0.6 is 11.3 Å². The molecule has 0 aromatic carbocycles. The van der Waals surface area contributed by atoms with Gasteiger partial charge in [0.1, 0.15) is 10.9 Å². The van der Waals surface area contributed by atoms with E-state index < -0.39 is 0 Å². The van der Waals surface area contributed by atoms with Crippen molar-refractivity contribution >= 4 is 11.3 Å². The Bertz CT molecular complexity index is 393. The quantitative estimate of drug-likeness (QED) is 0.870. The molecule has 4 heteroatoms. The molecule has 2 heterocycles. The lowest BCUT2D eigenvalue weighted by Crippen LogP contribution is -2.33. The highest BCUT2D eigenvalue weighted by Crippen LogP contribution is 2.23. The van der Waals surface area contributed by atoms with Gasteiger partial charge in [0, 0.05) is 23.5 Å². The normalized spacial score (nSPS) is 23.2. The summed E-state index contributed by atoms with van der Waals surface area (Å²) in [6.45, 7) is 4.48. The van der Waals surface area contributed by atoms with Gasteiger partial charge in [-0.25, -0.2) is 0 Å². The highest BCUT2D eigenvalue weighted by Gasteiger charge is 2.21. The van der Waals surface area contributed by atoms with E-state index in [9.17, 15) is 0 Å². The lowest BCUT2D eigenvalue weighted by Gasteiger charge is -2.18. The van der Waals surface area contributed by atoms with E-state index in [1.807, 2.05) is 6.07 Å². The fraction of sp³-hybridized carbons (Fsp3) is 0.583. The van der Waals surface area contributed by atoms with Gasteiger partial charge in [-0.3, -0.25) is 0 Å². The van der Waals surface area contributed by atoms with Crippen molar-refractivity contribution < 1.29 is 0 Å². The van der Waals surface area contributed by atoms with Crippen LogP contribution in [0, 0.1) is 11.3 Å². The Morgan fingerprint density at radius 3 is 3.00 bits per heavy atom. The van der Waals surface area contributed by atoms with E-state index in [1.54, 1.807) is 11.3 Å². The number of likely N-dealkylation sites (N-methyl/N-ethyl adjacent to an activating group) is 1. The van der Waals surface area contributed by atoms with Gasteiger partial charge in [0.05, 0.1) is 0 Å². The number of thiophene rings is 1. The number of likely N-dealkylation sites (tertiary alicyclic amines) is 1. The molecule has 2 rings (SSSR count). The molecule has 1 aromatic heterocycles. The van der Waals surface area contributed by atoms with Crippen LogP contribution in [0.4, 0.5) is 0 Å². The highest BCUT2D eigenvalue weighted by molar-refractivity contribution is 7.12. The van der Waals surface area contributed by atoms with Crippen LogP contribution in [-0.2, 0) is 0 Å². The topological polar surface area (TPSA) is 39.1 Å². The zero-order valence-corrected chi connectivity index (χ0v) is 10.5. The van der Waals surface area contributed by atoms with E-state index in [4.69, 9.17) is 5.26 Å². The molecule has 0 radical (unpaired) electrons. The molecular weight excluding hydrogens is 218 g/mol. The molecule has 0 saturated carbocycles. The lowest BCUT2D eigenvalue weighted by molar-refractivity contribution is 0.388. The van der Waals surface area contributed by atoms with Crippen molar-refractivity contribution in [2.45, 2.75) is 25.4 Å². The first kappa shape index (κ1) is 11.6. The SMILES string of the molecule is CC(NC1CCN(C)C1)c1ccc(C#N)s1. The second-order valence-electron chi connectivity index (χ2n) is 4.45. The third-order valence-corrected chi connectivity index (χ3v) is 4.21. The van der Waals surface area contributed by atoms with E-state index in [1.165, 1.54) is 17.8 Å². The van der Waals surface area contributed by atoms with Gasteiger partial charge in [-0.15, -0.1) is 11.3 Å². The summed E-state index contributed by atoms with van der Waals surface area (Å²) in [4.78, 5) is 4.40. The monoisotopic (exact) mass is 235 g/mol. The molecular formula is C12H17N3S. The van der Waals surface area contributed by atoms with Gasteiger partial charge in [-0.05, 0) is 39.1 Å². The van der Waals surface area contributed by atoms with Crippen molar-refractivity contribution in [3.8, 4) is 6.07 Å². The first-order valence-electron chi connectivity index (χ1n) is 5.63. The van der Waals surface area contributed by atoms with Crippen molar-refractivity contribution in [3.05, 3.63) is 21.9 Å². The Labute approximate surface area is 101 Å². The van der Waals surface area contributed by atoms with Crippen LogP contribution < -0.4 is 5.32 Å². The number of hydrogen-bond donors (Lipinski definition) is 1. The number of nitrogens with one attached hydrogen (secondary N) is 1. The maximum atomic E-state index is 8.79. The van der Waals surface area contributed by atoms with Crippen LogP contribution in [0.5, 0.6) is 0 Å². The second kappa shape index (κ2) is 4.96. The molecule has 1 saturated heterocycles. The number of hydrogen-bond acceptors (Lipinski definition) is 4. The summed E-state index contributed by atoms with van der Waals surface area (Å²) in [5.74, 6) is 0. The first-order chi connectivity index (χ1) is 7.69. The third-order valence-electron chi connectivity index (χ3n) is 3.04. The molecule has 1 fully saturated rings. The summed E-state index contributed by atoms with van der Waals surface area (Å²) in [6.07, 6.45) is 1.22. The van der Waals surface area contributed by atoms with E-state index in [2.05, 4.69) is 36.3 Å². The van der Waals surface area contributed by atoms with Crippen molar-refractivity contribution in [1.29, 1.82) is 5.26 Å². The van der Waals surface area contributed by atoms with Crippen LogP contribution in [0.3, 0.4) is 0 Å². The van der Waals surface area contributed by atoms with Crippen LogP contribution in [-0.4, -0.2) is 31.1 Å². The molecule has 2 atom stereocenters. The maximum absolute atomic E-state index is 8.79. The van der Waals surface area contributed by atoms with Crippen LogP contribution in [0.25, 0.3) is 0 Å². The maximum Gasteiger partial charge on any atom is 0.110 e. The highest BCUT2D eigenvalue weighted by atomic mass is 32.1. The van der Waals surface area contributed by atoms with Gasteiger partial charge in [0.15, 0.2) is 0 Å². The van der Waals surface area contributed by atoms with Crippen molar-refractivity contribution in [2.75, 3.05) is 20.1 Å². The van der Waals surface area contributed by atoms with Gasteiger partial charge in [-0.1, -0.05) is 0 Å². The smallest absolute Gasteiger partial charge is 0.110 e. The molecule has 0 aliphatic carbocycles. The van der Waals surface area contributed by atoms with E-state index in [-0.39, 0.29) is 0 Å². The lowest BCUT2D eigenvalue weighted by atomic mass is 10.2. The molecule has 86 valence electrons. The Hall–Kier alpha value is -0.890. The second-order valence-corrected chi connectivity index (χ2v) is 5.57. The molecule has 2 unspecified atom stereocenters. The minimum atomic E-state index is 0.351. The fourth-order valence-corrected chi connectivity index (χ4v) is 2.97. The minimum absolute atomic E-state index is 0.351. The first-order valence-corrected chi connectivity index (χ1v) is 6.45. The summed E-state index contributed by atoms with van der Waals surface area (Å²) >= 11 is 1.59. The minimum Gasteiger partial charge on any atom is -0.305 e. The van der Waals surface area contributed by atoms with Gasteiger partial charge >= 0.3 is 0 Å². The zero-order valence-electron chi connectivity index (χ0n) is 9.73. The van der Waals surface area contributed by atoms with Gasteiger partial charge in [0.2, 0.25) is 0 Å². The molecule has 0 amide bonds. The molecule has 3 nitrogen and oxygen atoms in total.